The van der Waals surface area contributed by atoms with Crippen molar-refractivity contribution in [3.8, 4) is 11.5 Å². The molecule has 0 spiro atoms. The van der Waals surface area contributed by atoms with E-state index in [-0.39, 0.29) is 37.4 Å². The fourth-order valence-corrected chi connectivity index (χ4v) is 3.78. The Labute approximate surface area is 170 Å². The van der Waals surface area contributed by atoms with Gasteiger partial charge < -0.3 is 30.6 Å². The minimum Gasteiger partial charge on any atom is -0.489 e. The number of hydrogen-bond acceptors (Lipinski definition) is 6. The minimum atomic E-state index is -0.407. The number of halogens is 2. The molecule has 0 fully saturated rings. The molecule has 29 heavy (non-hydrogen) atoms. The van der Waals surface area contributed by atoms with Crippen molar-refractivity contribution in [1.29, 1.82) is 0 Å². The van der Waals surface area contributed by atoms with Crippen molar-refractivity contribution in [2.24, 2.45) is 10.9 Å². The zero-order valence-corrected chi connectivity index (χ0v) is 15.9. The molecule has 152 valence electrons. The monoisotopic (exact) mass is 420 g/mol. The Morgan fingerprint density at radius 1 is 1.38 bits per heavy atom. The Bertz CT molecular complexity index is 1000. The van der Waals surface area contributed by atoms with Gasteiger partial charge in [-0.3, -0.25) is 4.79 Å². The number of amides is 1. The standard InChI is InChI=1S/C19H18ClFN4O4/c20-13-3-10(4-14-19(13)29-9-18(26)23-14)7-25-12(6-17(22)24-27)8-28-16-5-11(21)1-2-15(16)25/h1-5,12,27H,6-9H2,(H2,22,24)(H,23,26)/t12-/m0/s1. The lowest BCUT2D eigenvalue weighted by Crippen LogP contribution is -2.45. The highest BCUT2D eigenvalue weighted by atomic mass is 35.5. The third-order valence-corrected chi connectivity index (χ3v) is 5.04. The first-order chi connectivity index (χ1) is 13.9. The predicted octanol–water partition coefficient (Wildman–Crippen LogP) is 2.71. The number of benzene rings is 2. The van der Waals surface area contributed by atoms with E-state index < -0.39 is 5.82 Å². The summed E-state index contributed by atoms with van der Waals surface area (Å²) in [4.78, 5) is 13.6. The van der Waals surface area contributed by atoms with Crippen molar-refractivity contribution in [3.05, 3.63) is 46.7 Å². The number of ether oxygens (including phenoxy) is 2. The van der Waals surface area contributed by atoms with Gasteiger partial charge in [-0.05, 0) is 29.8 Å². The number of amidine groups is 1. The van der Waals surface area contributed by atoms with Crippen LogP contribution in [0.25, 0.3) is 0 Å². The van der Waals surface area contributed by atoms with Crippen LogP contribution in [0.15, 0.2) is 35.5 Å². The first-order valence-corrected chi connectivity index (χ1v) is 9.23. The molecule has 10 heteroatoms. The van der Waals surface area contributed by atoms with Gasteiger partial charge in [0.2, 0.25) is 0 Å². The molecule has 0 aliphatic carbocycles. The van der Waals surface area contributed by atoms with Crippen molar-refractivity contribution in [1.82, 2.24) is 0 Å². The fourth-order valence-electron chi connectivity index (χ4n) is 3.48. The topological polar surface area (TPSA) is 109 Å². The summed E-state index contributed by atoms with van der Waals surface area (Å²) < 4.78 is 24.7. The summed E-state index contributed by atoms with van der Waals surface area (Å²) in [6.07, 6.45) is 0.242. The van der Waals surface area contributed by atoms with Crippen LogP contribution in [-0.2, 0) is 11.3 Å². The van der Waals surface area contributed by atoms with E-state index in [1.807, 2.05) is 4.90 Å². The van der Waals surface area contributed by atoms with E-state index in [1.165, 1.54) is 12.1 Å². The number of nitrogens with one attached hydrogen (secondary N) is 1. The van der Waals surface area contributed by atoms with Gasteiger partial charge in [0.05, 0.1) is 22.4 Å². The van der Waals surface area contributed by atoms with Crippen LogP contribution in [0.2, 0.25) is 5.02 Å². The summed E-state index contributed by atoms with van der Waals surface area (Å²) in [6, 6.07) is 7.54. The van der Waals surface area contributed by atoms with Crippen LogP contribution in [0.4, 0.5) is 15.8 Å². The molecule has 4 rings (SSSR count). The van der Waals surface area contributed by atoms with Crippen molar-refractivity contribution < 1.29 is 23.9 Å². The van der Waals surface area contributed by atoms with Crippen LogP contribution in [0, 0.1) is 5.82 Å². The highest BCUT2D eigenvalue weighted by Crippen LogP contribution is 2.40. The van der Waals surface area contributed by atoms with Gasteiger partial charge in [-0.15, -0.1) is 0 Å². The van der Waals surface area contributed by atoms with E-state index >= 15 is 0 Å². The van der Waals surface area contributed by atoms with Gasteiger partial charge in [-0.1, -0.05) is 16.8 Å². The van der Waals surface area contributed by atoms with E-state index in [2.05, 4.69) is 10.5 Å². The van der Waals surface area contributed by atoms with Gasteiger partial charge in [-0.2, -0.15) is 0 Å². The number of fused-ring (bicyclic) bond motifs is 2. The lowest BCUT2D eigenvalue weighted by atomic mass is 10.1. The molecule has 2 aromatic carbocycles. The van der Waals surface area contributed by atoms with Gasteiger partial charge in [0.25, 0.3) is 5.91 Å². The fraction of sp³-hybridized carbons (Fsp3) is 0.263. The van der Waals surface area contributed by atoms with E-state index in [4.69, 9.17) is 32.0 Å². The number of rotatable bonds is 4. The first-order valence-electron chi connectivity index (χ1n) is 8.85. The summed E-state index contributed by atoms with van der Waals surface area (Å²) >= 11 is 6.34. The molecule has 1 atom stereocenters. The molecule has 4 N–H and O–H groups in total. The molecule has 2 aromatic rings. The molecule has 0 saturated heterocycles. The van der Waals surface area contributed by atoms with Crippen LogP contribution < -0.4 is 25.4 Å². The first kappa shape index (κ1) is 19.1. The molecule has 0 radical (unpaired) electrons. The Hall–Kier alpha value is -3.20. The molecule has 0 bridgehead atoms. The predicted molar refractivity (Wildman–Crippen MR) is 105 cm³/mol. The molecule has 2 aliphatic rings. The molecular formula is C19H18ClFN4O4. The van der Waals surface area contributed by atoms with Crippen LogP contribution in [0.1, 0.15) is 12.0 Å². The molecule has 0 unspecified atom stereocenters. The number of nitrogens with two attached hydrogens (primary N) is 1. The largest absolute Gasteiger partial charge is 0.489 e. The zero-order valence-electron chi connectivity index (χ0n) is 15.2. The van der Waals surface area contributed by atoms with Crippen molar-refractivity contribution >= 4 is 34.7 Å². The Morgan fingerprint density at radius 2 is 2.21 bits per heavy atom. The average molecular weight is 421 g/mol. The second-order valence-corrected chi connectivity index (χ2v) is 7.20. The Kier molecular flexibility index (Phi) is 5.06. The number of carbonyl (C=O) groups is 1. The van der Waals surface area contributed by atoms with Gasteiger partial charge in [-0.25, -0.2) is 4.39 Å². The molecule has 2 aliphatic heterocycles. The lowest BCUT2D eigenvalue weighted by molar-refractivity contribution is -0.118. The minimum absolute atomic E-state index is 0.0540. The smallest absolute Gasteiger partial charge is 0.262 e. The number of hydrogen-bond donors (Lipinski definition) is 3. The maximum atomic E-state index is 13.6. The van der Waals surface area contributed by atoms with E-state index in [1.54, 1.807) is 18.2 Å². The second-order valence-electron chi connectivity index (χ2n) is 6.79. The average Bonchev–Trinajstić information content (AvgIpc) is 2.69. The van der Waals surface area contributed by atoms with Crippen LogP contribution in [-0.4, -0.2) is 36.2 Å². The van der Waals surface area contributed by atoms with Gasteiger partial charge in [0.15, 0.2) is 12.4 Å². The van der Waals surface area contributed by atoms with Crippen LogP contribution >= 0.6 is 11.6 Å². The third-order valence-electron chi connectivity index (χ3n) is 4.75. The molecular weight excluding hydrogens is 403 g/mol. The van der Waals surface area contributed by atoms with E-state index in [0.717, 1.165) is 5.56 Å². The quantitative estimate of drug-likeness (QED) is 0.303. The van der Waals surface area contributed by atoms with Gasteiger partial charge >= 0.3 is 0 Å². The van der Waals surface area contributed by atoms with E-state index in [0.29, 0.717) is 34.4 Å². The normalized spacial score (nSPS) is 18.3. The summed E-state index contributed by atoms with van der Waals surface area (Å²) in [5, 5.41) is 15.1. The highest BCUT2D eigenvalue weighted by molar-refractivity contribution is 6.33. The van der Waals surface area contributed by atoms with Crippen molar-refractivity contribution in [2.75, 3.05) is 23.4 Å². The van der Waals surface area contributed by atoms with Crippen molar-refractivity contribution in [2.45, 2.75) is 19.0 Å². The third kappa shape index (κ3) is 3.86. The summed E-state index contributed by atoms with van der Waals surface area (Å²) in [5.74, 6) is 0.213. The number of nitrogens with zero attached hydrogens (tertiary/aromatic N) is 2. The maximum Gasteiger partial charge on any atom is 0.262 e. The second kappa shape index (κ2) is 7.67. The lowest BCUT2D eigenvalue weighted by Gasteiger charge is -2.38. The van der Waals surface area contributed by atoms with Crippen molar-refractivity contribution in [3.63, 3.8) is 0 Å². The highest BCUT2D eigenvalue weighted by Gasteiger charge is 2.30. The van der Waals surface area contributed by atoms with Crippen LogP contribution in [0.3, 0.4) is 0 Å². The summed E-state index contributed by atoms with van der Waals surface area (Å²) in [5.41, 5.74) is 7.66. The molecule has 0 saturated carbocycles. The molecule has 8 nitrogen and oxygen atoms in total. The summed E-state index contributed by atoms with van der Waals surface area (Å²) in [7, 11) is 0. The van der Waals surface area contributed by atoms with Gasteiger partial charge in [0, 0.05) is 19.0 Å². The SMILES string of the molecule is N/C(C[C@H]1COc2cc(F)ccc2N1Cc1cc(Cl)c2c(c1)NC(=O)CO2)=N\O. The van der Waals surface area contributed by atoms with Crippen LogP contribution in [0.5, 0.6) is 11.5 Å². The molecule has 1 amide bonds. The summed E-state index contributed by atoms with van der Waals surface area (Å²) in [6.45, 7) is 0.510. The van der Waals surface area contributed by atoms with E-state index in [9.17, 15) is 9.18 Å². The molecule has 0 aromatic heterocycles. The number of oxime groups is 1. The number of anilines is 2. The number of carbonyl (C=O) groups excluding carboxylic acids is 1. The Balaban J connectivity index is 1.69. The Morgan fingerprint density at radius 3 is 3.00 bits per heavy atom. The maximum absolute atomic E-state index is 13.6. The zero-order chi connectivity index (χ0) is 20.5. The van der Waals surface area contributed by atoms with Gasteiger partial charge in [0.1, 0.15) is 24.0 Å². The molecule has 2 heterocycles.